The monoisotopic (exact) mass is 485 g/mol. The van der Waals surface area contributed by atoms with Gasteiger partial charge in [0.25, 0.3) is 17.5 Å². The third-order valence-corrected chi connectivity index (χ3v) is 8.06. The maximum Gasteiger partial charge on any atom is 0.273 e. The Kier molecular flexibility index (Phi) is 6.70. The van der Waals surface area contributed by atoms with Crippen molar-refractivity contribution in [3.8, 4) is 11.5 Å². The van der Waals surface area contributed by atoms with Gasteiger partial charge < -0.3 is 19.3 Å². The Labute approximate surface area is 202 Å². The summed E-state index contributed by atoms with van der Waals surface area (Å²) in [4.78, 5) is 40.6. The second kappa shape index (κ2) is 9.54. The Morgan fingerprint density at radius 2 is 1.62 bits per heavy atom. The average Bonchev–Trinajstić information content (AvgIpc) is 3.25. The van der Waals surface area contributed by atoms with Gasteiger partial charge in [0.15, 0.2) is 0 Å². The maximum absolute atomic E-state index is 13.5. The molecule has 0 radical (unpaired) electrons. The van der Waals surface area contributed by atoms with Gasteiger partial charge in [0.2, 0.25) is 0 Å². The van der Waals surface area contributed by atoms with E-state index in [0.717, 1.165) is 5.75 Å². The summed E-state index contributed by atoms with van der Waals surface area (Å²) < 4.78 is 10.6. The number of ether oxygens (including phenoxy) is 2. The van der Waals surface area contributed by atoms with E-state index in [1.807, 2.05) is 4.90 Å². The first-order valence-electron chi connectivity index (χ1n) is 11.0. The van der Waals surface area contributed by atoms with Gasteiger partial charge in [-0.25, -0.2) is 0 Å². The maximum atomic E-state index is 13.5. The molecule has 0 atom stereocenters. The molecule has 0 aromatic heterocycles. The minimum atomic E-state index is -0.469. The van der Waals surface area contributed by atoms with Crippen LogP contribution in [0.15, 0.2) is 36.4 Å². The minimum absolute atomic E-state index is 0.0591. The molecule has 0 unspecified atom stereocenters. The van der Waals surface area contributed by atoms with Gasteiger partial charge in [0.05, 0.1) is 24.0 Å². The van der Waals surface area contributed by atoms with Crippen LogP contribution in [0.4, 0.5) is 5.69 Å². The van der Waals surface area contributed by atoms with E-state index in [1.165, 1.54) is 6.07 Å². The molecule has 2 saturated heterocycles. The van der Waals surface area contributed by atoms with E-state index in [2.05, 4.69) is 0 Å². The van der Waals surface area contributed by atoms with E-state index in [9.17, 15) is 19.7 Å². The van der Waals surface area contributed by atoms with Crippen LogP contribution in [-0.2, 0) is 0 Å². The lowest BCUT2D eigenvalue weighted by molar-refractivity contribution is -0.385. The lowest BCUT2D eigenvalue weighted by Gasteiger charge is -2.44. The number of amides is 2. The number of nitro benzene ring substituents is 1. The van der Waals surface area contributed by atoms with Gasteiger partial charge in [0, 0.05) is 54.2 Å². The fourth-order valence-corrected chi connectivity index (χ4v) is 6.03. The van der Waals surface area contributed by atoms with Gasteiger partial charge in [0.1, 0.15) is 11.5 Å². The van der Waals surface area contributed by atoms with Crippen molar-refractivity contribution in [1.82, 2.24) is 9.80 Å². The van der Waals surface area contributed by atoms with Crippen molar-refractivity contribution in [2.45, 2.75) is 24.6 Å². The summed E-state index contributed by atoms with van der Waals surface area (Å²) in [5.74, 6) is 1.62. The number of benzene rings is 2. The molecule has 2 aromatic carbocycles. The number of likely N-dealkylation sites (tertiary alicyclic amines) is 1. The Morgan fingerprint density at radius 1 is 0.971 bits per heavy atom. The van der Waals surface area contributed by atoms with Crippen molar-refractivity contribution in [1.29, 1.82) is 0 Å². The number of carbonyl (C=O) groups is 2. The summed E-state index contributed by atoms with van der Waals surface area (Å²) in [6, 6.07) is 9.73. The lowest BCUT2D eigenvalue weighted by Crippen LogP contribution is -2.53. The van der Waals surface area contributed by atoms with E-state index in [4.69, 9.17) is 9.47 Å². The normalized spacial score (nSPS) is 17.0. The van der Waals surface area contributed by atoms with Gasteiger partial charge in [-0.2, -0.15) is 0 Å². The first-order valence-corrected chi connectivity index (χ1v) is 12.0. The zero-order valence-electron chi connectivity index (χ0n) is 19.4. The highest BCUT2D eigenvalue weighted by Crippen LogP contribution is 2.45. The van der Waals surface area contributed by atoms with E-state index >= 15 is 0 Å². The fraction of sp³-hybridized carbons (Fsp3) is 0.417. The predicted octanol–water partition coefficient (Wildman–Crippen LogP) is 3.74. The predicted molar refractivity (Wildman–Crippen MR) is 129 cm³/mol. The van der Waals surface area contributed by atoms with E-state index in [0.29, 0.717) is 60.7 Å². The van der Waals surface area contributed by atoms with Crippen LogP contribution in [0.25, 0.3) is 0 Å². The number of methoxy groups -OCH3 is 2. The van der Waals surface area contributed by atoms with Crippen LogP contribution < -0.4 is 9.47 Å². The second-order valence-electron chi connectivity index (χ2n) is 8.40. The van der Waals surface area contributed by atoms with Crippen molar-refractivity contribution >= 4 is 29.3 Å². The minimum Gasteiger partial charge on any atom is -0.497 e. The summed E-state index contributed by atoms with van der Waals surface area (Å²) in [6.45, 7) is 3.22. The van der Waals surface area contributed by atoms with Crippen LogP contribution in [0, 0.1) is 17.0 Å². The van der Waals surface area contributed by atoms with Crippen molar-refractivity contribution in [2.75, 3.05) is 39.6 Å². The highest BCUT2D eigenvalue weighted by molar-refractivity contribution is 8.00. The van der Waals surface area contributed by atoms with Crippen LogP contribution in [0.5, 0.6) is 11.5 Å². The first kappa shape index (κ1) is 23.9. The van der Waals surface area contributed by atoms with Crippen LogP contribution >= 0.6 is 11.8 Å². The molecule has 2 fully saturated rings. The van der Waals surface area contributed by atoms with E-state index in [1.54, 1.807) is 68.1 Å². The molecule has 180 valence electrons. The third-order valence-electron chi connectivity index (χ3n) is 6.51. The molecule has 0 N–H and O–H groups in total. The number of thioether (sulfide) groups is 1. The molecular formula is C24H27N3O6S. The van der Waals surface area contributed by atoms with Crippen LogP contribution in [0.2, 0.25) is 0 Å². The molecule has 2 aliphatic rings. The zero-order valence-corrected chi connectivity index (χ0v) is 20.2. The zero-order chi connectivity index (χ0) is 24.5. The standard InChI is InChI=1S/C24H27N3O6S/c1-16-4-5-17(14-21(16)27(30)31)22(28)25-8-6-24(7-9-25)26(10-11-34-24)23(29)18-12-19(32-2)15-20(13-18)33-3/h4-5,12-15H,6-11H2,1-3H3. The highest BCUT2D eigenvalue weighted by Gasteiger charge is 2.47. The number of aryl methyl sites for hydroxylation is 1. The van der Waals surface area contributed by atoms with Gasteiger partial charge in [-0.15, -0.1) is 11.8 Å². The Bertz CT molecular complexity index is 1110. The molecule has 2 aliphatic heterocycles. The number of hydrogen-bond acceptors (Lipinski definition) is 7. The first-order chi connectivity index (χ1) is 16.3. The number of rotatable bonds is 5. The van der Waals surface area contributed by atoms with Crippen molar-refractivity contribution in [3.63, 3.8) is 0 Å². The van der Waals surface area contributed by atoms with Gasteiger partial charge >= 0.3 is 0 Å². The highest BCUT2D eigenvalue weighted by atomic mass is 32.2. The molecule has 0 bridgehead atoms. The van der Waals surface area contributed by atoms with Gasteiger partial charge in [-0.05, 0) is 38.0 Å². The molecule has 2 amide bonds. The lowest BCUT2D eigenvalue weighted by atomic mass is 9.99. The number of nitrogens with zero attached hydrogens (tertiary/aromatic N) is 3. The molecule has 1 spiro atoms. The summed E-state index contributed by atoms with van der Waals surface area (Å²) in [6.07, 6.45) is 1.26. The quantitative estimate of drug-likeness (QED) is 0.470. The molecule has 4 rings (SSSR count). The van der Waals surface area contributed by atoms with E-state index < -0.39 is 4.92 Å². The van der Waals surface area contributed by atoms with Crippen molar-refractivity contribution < 1.29 is 24.0 Å². The number of nitro groups is 1. The molecule has 0 saturated carbocycles. The van der Waals surface area contributed by atoms with Gasteiger partial charge in [-0.1, -0.05) is 6.07 Å². The van der Waals surface area contributed by atoms with E-state index in [-0.39, 0.29) is 22.4 Å². The number of carbonyl (C=O) groups excluding carboxylic acids is 2. The number of hydrogen-bond donors (Lipinski definition) is 0. The third kappa shape index (κ3) is 4.42. The fourth-order valence-electron chi connectivity index (χ4n) is 4.58. The smallest absolute Gasteiger partial charge is 0.273 e. The van der Waals surface area contributed by atoms with Crippen LogP contribution in [-0.4, -0.2) is 71.0 Å². The van der Waals surface area contributed by atoms with Crippen LogP contribution in [0.1, 0.15) is 39.1 Å². The van der Waals surface area contributed by atoms with Crippen molar-refractivity contribution in [2.24, 2.45) is 0 Å². The summed E-state index contributed by atoms with van der Waals surface area (Å²) in [5.41, 5.74) is 1.27. The molecule has 0 aliphatic carbocycles. The van der Waals surface area contributed by atoms with Crippen LogP contribution in [0.3, 0.4) is 0 Å². The summed E-state index contributed by atoms with van der Waals surface area (Å²) in [5, 5.41) is 11.3. The van der Waals surface area contributed by atoms with Gasteiger partial charge in [-0.3, -0.25) is 19.7 Å². The molecular weight excluding hydrogens is 458 g/mol. The molecule has 9 nitrogen and oxygen atoms in total. The largest absolute Gasteiger partial charge is 0.497 e. The molecule has 34 heavy (non-hydrogen) atoms. The topological polar surface area (TPSA) is 102 Å². The second-order valence-corrected chi connectivity index (χ2v) is 9.86. The molecule has 2 heterocycles. The molecule has 10 heteroatoms. The Hall–Kier alpha value is -3.27. The summed E-state index contributed by atoms with van der Waals surface area (Å²) >= 11 is 1.75. The molecule has 2 aromatic rings. The Morgan fingerprint density at radius 3 is 2.21 bits per heavy atom. The summed E-state index contributed by atoms with van der Waals surface area (Å²) in [7, 11) is 3.09. The number of piperidine rings is 1. The SMILES string of the molecule is COc1cc(OC)cc(C(=O)N2CCSC23CCN(C(=O)c2ccc(C)c([N+](=O)[O-])c2)CC3)c1. The Balaban J connectivity index is 1.50. The average molecular weight is 486 g/mol. The van der Waals surface area contributed by atoms with Crippen molar-refractivity contribution in [3.05, 3.63) is 63.2 Å².